The predicted octanol–water partition coefficient (Wildman–Crippen LogP) is 7.64. The van der Waals surface area contributed by atoms with E-state index in [0.717, 1.165) is 35.2 Å². The fraction of sp³-hybridized carbons (Fsp3) is 0.483. The van der Waals surface area contributed by atoms with Crippen LogP contribution >= 0.6 is 0 Å². The van der Waals surface area contributed by atoms with Gasteiger partial charge in [-0.15, -0.1) is 0 Å². The zero-order valence-electron chi connectivity index (χ0n) is 19.5. The number of fused-ring (bicyclic) bond motifs is 1. The van der Waals surface area contributed by atoms with Gasteiger partial charge in [-0.1, -0.05) is 106 Å². The quantitative estimate of drug-likeness (QED) is 0.236. The molecule has 172 valence electrons. The average molecular weight is 434 g/mol. The van der Waals surface area contributed by atoms with E-state index in [-0.39, 0.29) is 0 Å². The number of unbranched alkanes of at least 4 members (excludes halogenated alkanes) is 10. The third-order valence-electron chi connectivity index (χ3n) is 6.07. The summed E-state index contributed by atoms with van der Waals surface area (Å²) in [5.41, 5.74) is 3.30. The maximum Gasteiger partial charge on any atom is 0.146 e. The summed E-state index contributed by atoms with van der Waals surface area (Å²) < 4.78 is 6.10. The van der Waals surface area contributed by atoms with Crippen molar-refractivity contribution in [2.45, 2.75) is 83.7 Å². The predicted molar refractivity (Wildman–Crippen MR) is 134 cm³/mol. The zero-order chi connectivity index (χ0) is 22.3. The molecule has 1 heterocycles. The monoisotopic (exact) mass is 433 g/mol. The molecule has 0 spiro atoms. The third kappa shape index (κ3) is 8.63. The van der Waals surface area contributed by atoms with E-state index < -0.39 is 0 Å². The van der Waals surface area contributed by atoms with Gasteiger partial charge in [0.15, 0.2) is 0 Å². The van der Waals surface area contributed by atoms with Crippen molar-refractivity contribution in [2.75, 3.05) is 6.61 Å². The Labute approximate surface area is 193 Å². The van der Waals surface area contributed by atoms with Crippen molar-refractivity contribution in [3.8, 4) is 5.75 Å². The molecule has 0 radical (unpaired) electrons. The van der Waals surface area contributed by atoms with E-state index in [9.17, 15) is 0 Å². The molecule has 0 amide bonds. The first-order valence-corrected chi connectivity index (χ1v) is 12.5. The summed E-state index contributed by atoms with van der Waals surface area (Å²) in [5, 5.41) is 9.93. The lowest BCUT2D eigenvalue weighted by atomic mass is 10.0. The number of aryl methyl sites for hydroxylation is 1. The second-order valence-electron chi connectivity index (χ2n) is 8.77. The van der Waals surface area contributed by atoms with Gasteiger partial charge in [-0.3, -0.25) is 0 Å². The number of nitrogens with zero attached hydrogens (tertiary/aromatic N) is 1. The number of aliphatic hydroxyl groups excluding tert-OH is 1. The first-order valence-electron chi connectivity index (χ1n) is 12.5. The van der Waals surface area contributed by atoms with Gasteiger partial charge in [-0.05, 0) is 37.0 Å². The zero-order valence-corrected chi connectivity index (χ0v) is 19.5. The number of aliphatic hydroxyl groups is 1. The summed E-state index contributed by atoms with van der Waals surface area (Å²) in [5.74, 6) is 0.865. The molecule has 3 nitrogen and oxygen atoms in total. The molecule has 0 aliphatic heterocycles. The summed E-state index contributed by atoms with van der Waals surface area (Å²) in [7, 11) is 0. The molecular formula is C29H39NO2. The van der Waals surface area contributed by atoms with Crippen molar-refractivity contribution in [1.29, 1.82) is 0 Å². The number of benzene rings is 2. The lowest BCUT2D eigenvalue weighted by Gasteiger charge is -2.10. The van der Waals surface area contributed by atoms with E-state index >= 15 is 0 Å². The Morgan fingerprint density at radius 3 is 1.97 bits per heavy atom. The topological polar surface area (TPSA) is 42.4 Å². The first kappa shape index (κ1) is 24.3. The Kier molecular flexibility index (Phi) is 11.1. The standard InChI is InChI=1S/C29H39NO2/c31-23-14-9-7-5-3-1-2-4-6-8-13-19-27-22-21-26-18-15-20-28(29(26)30-27)32-24-25-16-11-10-12-17-25/h10-12,15-18,20-22,31H,1-9,13-14,19,23-24H2. The van der Waals surface area contributed by atoms with Gasteiger partial charge < -0.3 is 9.84 Å². The van der Waals surface area contributed by atoms with E-state index in [2.05, 4.69) is 30.3 Å². The molecule has 0 unspecified atom stereocenters. The Hall–Kier alpha value is -2.39. The highest BCUT2D eigenvalue weighted by Crippen LogP contribution is 2.25. The molecule has 2 aromatic carbocycles. The van der Waals surface area contributed by atoms with Gasteiger partial charge in [0.2, 0.25) is 0 Å². The van der Waals surface area contributed by atoms with Crippen LogP contribution in [-0.2, 0) is 13.0 Å². The summed E-state index contributed by atoms with van der Waals surface area (Å²) in [6, 6.07) is 20.8. The molecule has 3 rings (SSSR count). The van der Waals surface area contributed by atoms with Gasteiger partial charge >= 0.3 is 0 Å². The Balaban J connectivity index is 1.36. The van der Waals surface area contributed by atoms with Crippen LogP contribution in [0.2, 0.25) is 0 Å². The van der Waals surface area contributed by atoms with Crippen LogP contribution in [0.15, 0.2) is 60.7 Å². The number of hydrogen-bond donors (Lipinski definition) is 1. The van der Waals surface area contributed by atoms with Crippen molar-refractivity contribution < 1.29 is 9.84 Å². The van der Waals surface area contributed by atoms with Gasteiger partial charge in [0, 0.05) is 17.7 Å². The number of rotatable bonds is 16. The number of ether oxygens (including phenoxy) is 1. The molecule has 0 aliphatic carbocycles. The molecular weight excluding hydrogens is 394 g/mol. The van der Waals surface area contributed by atoms with Crippen LogP contribution in [0.5, 0.6) is 5.75 Å². The Morgan fingerprint density at radius 1 is 0.625 bits per heavy atom. The molecule has 0 saturated heterocycles. The number of hydrogen-bond acceptors (Lipinski definition) is 3. The molecule has 0 atom stereocenters. The van der Waals surface area contributed by atoms with Crippen LogP contribution < -0.4 is 4.74 Å². The SMILES string of the molecule is OCCCCCCCCCCCCCc1ccc2cccc(OCc3ccccc3)c2n1. The molecule has 0 aliphatic rings. The minimum Gasteiger partial charge on any atom is -0.487 e. The van der Waals surface area contributed by atoms with Crippen LogP contribution in [0.3, 0.4) is 0 Å². The molecule has 3 heteroatoms. The minimum atomic E-state index is 0.345. The molecule has 1 aromatic heterocycles. The van der Waals surface area contributed by atoms with Crippen LogP contribution in [0.1, 0.15) is 81.9 Å². The van der Waals surface area contributed by atoms with Gasteiger partial charge in [0.25, 0.3) is 0 Å². The molecule has 0 saturated carbocycles. The van der Waals surface area contributed by atoms with E-state index in [1.54, 1.807) is 0 Å². The molecule has 0 fully saturated rings. The minimum absolute atomic E-state index is 0.345. The van der Waals surface area contributed by atoms with Crippen molar-refractivity contribution in [3.05, 3.63) is 71.9 Å². The highest BCUT2D eigenvalue weighted by Gasteiger charge is 2.06. The Bertz CT molecular complexity index is 894. The normalized spacial score (nSPS) is 11.2. The van der Waals surface area contributed by atoms with Gasteiger partial charge in [0.05, 0.1) is 0 Å². The fourth-order valence-electron chi connectivity index (χ4n) is 4.16. The lowest BCUT2D eigenvalue weighted by Crippen LogP contribution is -1.98. The lowest BCUT2D eigenvalue weighted by molar-refractivity contribution is 0.282. The van der Waals surface area contributed by atoms with E-state index in [4.69, 9.17) is 14.8 Å². The van der Waals surface area contributed by atoms with Gasteiger partial charge in [0.1, 0.15) is 17.9 Å². The van der Waals surface area contributed by atoms with E-state index in [1.807, 2.05) is 30.3 Å². The van der Waals surface area contributed by atoms with Crippen LogP contribution in [0.4, 0.5) is 0 Å². The van der Waals surface area contributed by atoms with Crippen LogP contribution in [0.25, 0.3) is 10.9 Å². The summed E-state index contributed by atoms with van der Waals surface area (Å²) in [6.07, 6.45) is 15.0. The van der Waals surface area contributed by atoms with E-state index in [1.165, 1.54) is 69.8 Å². The molecule has 32 heavy (non-hydrogen) atoms. The summed E-state index contributed by atoms with van der Waals surface area (Å²) in [6.45, 7) is 0.909. The van der Waals surface area contributed by atoms with Crippen molar-refractivity contribution in [3.63, 3.8) is 0 Å². The summed E-state index contributed by atoms with van der Waals surface area (Å²) in [4.78, 5) is 4.94. The molecule has 3 aromatic rings. The number of aromatic nitrogens is 1. The van der Waals surface area contributed by atoms with Crippen molar-refractivity contribution >= 4 is 10.9 Å². The number of pyridine rings is 1. The Morgan fingerprint density at radius 2 is 1.28 bits per heavy atom. The van der Waals surface area contributed by atoms with Crippen molar-refractivity contribution in [1.82, 2.24) is 4.98 Å². The summed E-state index contributed by atoms with van der Waals surface area (Å²) >= 11 is 0. The van der Waals surface area contributed by atoms with E-state index in [0.29, 0.717) is 13.2 Å². The molecule has 1 N–H and O–H groups in total. The average Bonchev–Trinajstić information content (AvgIpc) is 2.84. The fourth-order valence-corrected chi connectivity index (χ4v) is 4.16. The highest BCUT2D eigenvalue weighted by molar-refractivity contribution is 5.84. The second kappa shape index (κ2) is 14.6. The highest BCUT2D eigenvalue weighted by atomic mass is 16.5. The largest absolute Gasteiger partial charge is 0.487 e. The first-order chi connectivity index (χ1) is 15.9. The van der Waals surface area contributed by atoms with Crippen molar-refractivity contribution in [2.24, 2.45) is 0 Å². The van der Waals surface area contributed by atoms with Gasteiger partial charge in [-0.2, -0.15) is 0 Å². The second-order valence-corrected chi connectivity index (χ2v) is 8.77. The smallest absolute Gasteiger partial charge is 0.146 e. The number of para-hydroxylation sites is 1. The van der Waals surface area contributed by atoms with Crippen LogP contribution in [0, 0.1) is 0 Å². The maximum absolute atomic E-state index is 8.79. The maximum atomic E-state index is 8.79. The van der Waals surface area contributed by atoms with Crippen LogP contribution in [-0.4, -0.2) is 16.7 Å². The van der Waals surface area contributed by atoms with Gasteiger partial charge in [-0.25, -0.2) is 4.98 Å². The third-order valence-corrected chi connectivity index (χ3v) is 6.07. The molecule has 0 bridgehead atoms.